The minimum absolute atomic E-state index is 0.0537. The van der Waals surface area contributed by atoms with E-state index in [-0.39, 0.29) is 17.3 Å². The molecule has 1 fully saturated rings. The summed E-state index contributed by atoms with van der Waals surface area (Å²) in [7, 11) is -1.55. The van der Waals surface area contributed by atoms with Gasteiger partial charge in [-0.05, 0) is 68.9 Å². The molecule has 2 aromatic heterocycles. The van der Waals surface area contributed by atoms with Crippen LogP contribution in [0.25, 0.3) is 10.7 Å². The van der Waals surface area contributed by atoms with Crippen LogP contribution >= 0.6 is 11.3 Å². The molecule has 202 valence electrons. The average Bonchev–Trinajstić information content (AvgIpc) is 3.46. The van der Waals surface area contributed by atoms with Crippen LogP contribution in [0, 0.1) is 19.7 Å². The summed E-state index contributed by atoms with van der Waals surface area (Å²) in [6.07, 6.45) is 4.54. The van der Waals surface area contributed by atoms with Crippen molar-refractivity contribution in [1.29, 1.82) is 0 Å². The highest BCUT2D eigenvalue weighted by Crippen LogP contribution is 2.33. The minimum atomic E-state index is -3.15. The van der Waals surface area contributed by atoms with Crippen LogP contribution in [0.3, 0.4) is 0 Å². The Hall–Kier alpha value is -3.38. The van der Waals surface area contributed by atoms with Crippen LogP contribution < -0.4 is 10.6 Å². The van der Waals surface area contributed by atoms with Gasteiger partial charge in [0.2, 0.25) is 0 Å². The van der Waals surface area contributed by atoms with Gasteiger partial charge in [0, 0.05) is 36.6 Å². The summed E-state index contributed by atoms with van der Waals surface area (Å²) in [5.74, 6) is -2.54. The molecule has 0 atom stereocenters. The molecule has 38 heavy (non-hydrogen) atoms. The highest BCUT2D eigenvalue weighted by atomic mass is 32.2. The SMILES string of the molecule is Cc1cc(NC(=O)c2c(C)c(C(=O)C(=O)NC3CCC(S(C)(=O)=O)CC3)n(C)c2-c2nccs2)ccc1F. The van der Waals surface area contributed by atoms with Gasteiger partial charge in [-0.3, -0.25) is 14.4 Å². The van der Waals surface area contributed by atoms with Gasteiger partial charge in [-0.25, -0.2) is 17.8 Å². The van der Waals surface area contributed by atoms with E-state index >= 15 is 0 Å². The van der Waals surface area contributed by atoms with Crippen molar-refractivity contribution in [2.75, 3.05) is 11.6 Å². The third kappa shape index (κ3) is 5.56. The summed E-state index contributed by atoms with van der Waals surface area (Å²) in [6, 6.07) is 3.90. The highest BCUT2D eigenvalue weighted by Gasteiger charge is 2.34. The average molecular weight is 561 g/mol. The molecule has 1 aliphatic rings. The van der Waals surface area contributed by atoms with E-state index < -0.39 is 38.5 Å². The van der Waals surface area contributed by atoms with Crippen LogP contribution in [0.5, 0.6) is 0 Å². The second-order valence-electron chi connectivity index (χ2n) is 9.62. The van der Waals surface area contributed by atoms with Crippen molar-refractivity contribution in [3.63, 3.8) is 0 Å². The predicted octanol–water partition coefficient (Wildman–Crippen LogP) is 3.81. The first kappa shape index (κ1) is 27.6. The number of amides is 2. The largest absolute Gasteiger partial charge is 0.346 e. The Morgan fingerprint density at radius 1 is 1.13 bits per heavy atom. The molecular formula is C26H29FN4O5S2. The lowest BCUT2D eigenvalue weighted by atomic mass is 9.94. The number of ketones is 1. The smallest absolute Gasteiger partial charge is 0.294 e. The van der Waals surface area contributed by atoms with Gasteiger partial charge in [-0.2, -0.15) is 0 Å². The molecule has 9 nitrogen and oxygen atoms in total. The van der Waals surface area contributed by atoms with Gasteiger partial charge in [-0.15, -0.1) is 11.3 Å². The number of carbonyl (C=O) groups is 3. The first-order valence-electron chi connectivity index (χ1n) is 12.1. The molecule has 1 aliphatic carbocycles. The molecule has 0 aliphatic heterocycles. The maximum atomic E-state index is 13.7. The summed E-state index contributed by atoms with van der Waals surface area (Å²) in [6.45, 7) is 3.18. The number of anilines is 1. The zero-order valence-corrected chi connectivity index (χ0v) is 23.1. The van der Waals surface area contributed by atoms with Gasteiger partial charge in [0.05, 0.1) is 22.2 Å². The number of thiazole rings is 1. The van der Waals surface area contributed by atoms with E-state index in [9.17, 15) is 27.2 Å². The monoisotopic (exact) mass is 560 g/mol. The highest BCUT2D eigenvalue weighted by molar-refractivity contribution is 7.91. The van der Waals surface area contributed by atoms with E-state index in [4.69, 9.17) is 0 Å². The molecule has 1 saturated carbocycles. The number of nitrogens with one attached hydrogen (secondary N) is 2. The Morgan fingerprint density at radius 2 is 1.82 bits per heavy atom. The maximum Gasteiger partial charge on any atom is 0.294 e. The predicted molar refractivity (Wildman–Crippen MR) is 144 cm³/mol. The van der Waals surface area contributed by atoms with E-state index in [0.29, 0.717) is 53.2 Å². The van der Waals surface area contributed by atoms with Crippen molar-refractivity contribution in [2.24, 2.45) is 7.05 Å². The third-order valence-electron chi connectivity index (χ3n) is 6.95. The van der Waals surface area contributed by atoms with Crippen molar-refractivity contribution in [3.8, 4) is 10.7 Å². The van der Waals surface area contributed by atoms with E-state index in [2.05, 4.69) is 15.6 Å². The van der Waals surface area contributed by atoms with Crippen LogP contribution in [0.15, 0.2) is 29.8 Å². The van der Waals surface area contributed by atoms with Crippen LogP contribution in [-0.2, 0) is 21.7 Å². The molecule has 0 radical (unpaired) electrons. The number of rotatable bonds is 7. The molecule has 2 amide bonds. The molecule has 4 rings (SSSR count). The number of carbonyl (C=O) groups excluding carboxylic acids is 3. The van der Waals surface area contributed by atoms with E-state index in [1.807, 2.05) is 0 Å². The third-order valence-corrected chi connectivity index (χ3v) is 9.41. The van der Waals surface area contributed by atoms with Gasteiger partial charge in [0.1, 0.15) is 20.7 Å². The number of aromatic nitrogens is 2. The minimum Gasteiger partial charge on any atom is -0.346 e. The van der Waals surface area contributed by atoms with Crippen molar-refractivity contribution in [2.45, 2.75) is 50.8 Å². The Balaban J connectivity index is 1.62. The van der Waals surface area contributed by atoms with Gasteiger partial charge in [-0.1, -0.05) is 0 Å². The number of benzene rings is 1. The first-order valence-corrected chi connectivity index (χ1v) is 14.9. The Kier molecular flexibility index (Phi) is 7.84. The normalized spacial score (nSPS) is 17.7. The standard InChI is InChI=1S/C26H29FN4O5S2/c1-14-13-17(7-10-19(14)27)30-24(33)20-15(2)21(31(3)22(20)26-28-11-12-37-26)23(32)25(34)29-16-5-8-18(9-6-16)38(4,35)36/h7,10-13,16,18H,5-6,8-9H2,1-4H3,(H,29,34)(H,30,33). The molecule has 2 heterocycles. The lowest BCUT2D eigenvalue weighted by Gasteiger charge is -2.27. The van der Waals surface area contributed by atoms with Crippen LogP contribution in [0.2, 0.25) is 0 Å². The van der Waals surface area contributed by atoms with E-state index in [1.54, 1.807) is 32.5 Å². The van der Waals surface area contributed by atoms with Gasteiger partial charge < -0.3 is 15.2 Å². The summed E-state index contributed by atoms with van der Waals surface area (Å²) in [4.78, 5) is 44.1. The van der Waals surface area contributed by atoms with E-state index in [0.717, 1.165) is 0 Å². The van der Waals surface area contributed by atoms with Crippen LogP contribution in [0.4, 0.5) is 10.1 Å². The van der Waals surface area contributed by atoms with Crippen molar-refractivity contribution >= 4 is 44.5 Å². The number of Topliss-reactive ketones (excluding diaryl/α,β-unsaturated/α-hetero) is 1. The Morgan fingerprint density at radius 3 is 2.39 bits per heavy atom. The number of sulfone groups is 1. The topological polar surface area (TPSA) is 127 Å². The molecule has 3 aromatic rings. The fourth-order valence-electron chi connectivity index (χ4n) is 4.93. The van der Waals surface area contributed by atoms with Crippen LogP contribution in [0.1, 0.15) is 57.7 Å². The lowest BCUT2D eigenvalue weighted by Crippen LogP contribution is -2.43. The first-order chi connectivity index (χ1) is 17.9. The number of nitrogens with zero attached hydrogens (tertiary/aromatic N) is 2. The fourth-order valence-corrected chi connectivity index (χ4v) is 6.78. The van der Waals surface area contributed by atoms with E-state index in [1.165, 1.54) is 40.4 Å². The second-order valence-corrected chi connectivity index (χ2v) is 12.8. The molecule has 0 bridgehead atoms. The number of halogens is 1. The summed E-state index contributed by atoms with van der Waals surface area (Å²) in [5.41, 5.74) is 1.70. The zero-order valence-electron chi connectivity index (χ0n) is 21.5. The molecule has 1 aromatic carbocycles. The van der Waals surface area contributed by atoms with Crippen molar-refractivity contribution < 1.29 is 27.2 Å². The number of aryl methyl sites for hydroxylation is 1. The van der Waals surface area contributed by atoms with Crippen LogP contribution in [-0.4, -0.2) is 53.1 Å². The molecule has 0 unspecified atom stereocenters. The number of hydrogen-bond acceptors (Lipinski definition) is 7. The molecule has 0 saturated heterocycles. The van der Waals surface area contributed by atoms with Gasteiger partial charge in [0.15, 0.2) is 0 Å². The molecule has 12 heteroatoms. The Bertz CT molecular complexity index is 1500. The molecule has 0 spiro atoms. The summed E-state index contributed by atoms with van der Waals surface area (Å²) < 4.78 is 38.8. The molecular weight excluding hydrogens is 531 g/mol. The van der Waals surface area contributed by atoms with Crippen molar-refractivity contribution in [1.82, 2.24) is 14.9 Å². The van der Waals surface area contributed by atoms with Gasteiger partial charge in [0.25, 0.3) is 17.6 Å². The van der Waals surface area contributed by atoms with Gasteiger partial charge >= 0.3 is 0 Å². The number of hydrogen-bond donors (Lipinski definition) is 2. The lowest BCUT2D eigenvalue weighted by molar-refractivity contribution is -0.117. The maximum absolute atomic E-state index is 13.7. The quantitative estimate of drug-likeness (QED) is 0.334. The summed E-state index contributed by atoms with van der Waals surface area (Å²) >= 11 is 1.28. The molecule has 2 N–H and O–H groups in total. The summed E-state index contributed by atoms with van der Waals surface area (Å²) in [5, 5.41) is 7.30. The fraction of sp³-hybridized carbons (Fsp3) is 0.385. The zero-order chi connectivity index (χ0) is 27.8. The van der Waals surface area contributed by atoms with Crippen molar-refractivity contribution in [3.05, 3.63) is 58.0 Å². The Labute approximate surface area is 224 Å². The second kappa shape index (κ2) is 10.8.